The first-order valence-corrected chi connectivity index (χ1v) is 3.84. The van der Waals surface area contributed by atoms with Gasteiger partial charge in [0.05, 0.1) is 5.56 Å². The second-order valence-corrected chi connectivity index (χ2v) is 2.79. The third kappa shape index (κ3) is 2.97. The molecule has 0 amide bonds. The predicted octanol–water partition coefficient (Wildman–Crippen LogP) is 3.51. The standard InChI is InChI=1S/C9H7F5/c10-8(11)5-6-1-3-7(4-2-6)9(12,13)14/h1-4,8H,5H2. The average Bonchev–Trinajstić information content (AvgIpc) is 2.02. The van der Waals surface area contributed by atoms with Crippen LogP contribution in [0.2, 0.25) is 0 Å². The van der Waals surface area contributed by atoms with Gasteiger partial charge in [0.2, 0.25) is 6.43 Å². The monoisotopic (exact) mass is 210 g/mol. The lowest BCUT2D eigenvalue weighted by Gasteiger charge is -2.07. The summed E-state index contributed by atoms with van der Waals surface area (Å²) in [6.45, 7) is 0. The number of hydrogen-bond donors (Lipinski definition) is 0. The van der Waals surface area contributed by atoms with Crippen molar-refractivity contribution in [1.82, 2.24) is 0 Å². The third-order valence-corrected chi connectivity index (χ3v) is 1.67. The first-order valence-electron chi connectivity index (χ1n) is 3.84. The number of benzene rings is 1. The van der Waals surface area contributed by atoms with Crippen molar-refractivity contribution < 1.29 is 22.0 Å². The molecule has 0 saturated heterocycles. The van der Waals surface area contributed by atoms with Gasteiger partial charge in [0.15, 0.2) is 0 Å². The number of rotatable bonds is 2. The van der Waals surface area contributed by atoms with Crippen molar-refractivity contribution in [3.63, 3.8) is 0 Å². The van der Waals surface area contributed by atoms with E-state index in [4.69, 9.17) is 0 Å². The van der Waals surface area contributed by atoms with E-state index in [-0.39, 0.29) is 5.56 Å². The molecule has 0 saturated carbocycles. The lowest BCUT2D eigenvalue weighted by molar-refractivity contribution is -0.137. The van der Waals surface area contributed by atoms with Crippen LogP contribution in [0.15, 0.2) is 24.3 Å². The molecule has 5 heteroatoms. The highest BCUT2D eigenvalue weighted by atomic mass is 19.4. The van der Waals surface area contributed by atoms with Crippen LogP contribution in [0.25, 0.3) is 0 Å². The molecule has 0 aliphatic rings. The minimum absolute atomic E-state index is 0.202. The lowest BCUT2D eigenvalue weighted by atomic mass is 10.1. The van der Waals surface area contributed by atoms with Crippen molar-refractivity contribution in [2.45, 2.75) is 19.0 Å². The third-order valence-electron chi connectivity index (χ3n) is 1.67. The fourth-order valence-electron chi connectivity index (χ4n) is 1.01. The molecule has 0 radical (unpaired) electrons. The van der Waals surface area contributed by atoms with Gasteiger partial charge in [0, 0.05) is 6.42 Å². The fraction of sp³-hybridized carbons (Fsp3) is 0.333. The maximum absolute atomic E-state index is 12.0. The van der Waals surface area contributed by atoms with E-state index in [0.29, 0.717) is 0 Å². The highest BCUT2D eigenvalue weighted by Gasteiger charge is 2.29. The van der Waals surface area contributed by atoms with Crippen LogP contribution in [0.5, 0.6) is 0 Å². The Morgan fingerprint density at radius 1 is 1.00 bits per heavy atom. The molecule has 0 aromatic heterocycles. The summed E-state index contributed by atoms with van der Waals surface area (Å²) in [5.74, 6) is 0. The van der Waals surface area contributed by atoms with Gasteiger partial charge < -0.3 is 0 Å². The Bertz CT molecular complexity index is 285. The molecule has 1 rings (SSSR count). The zero-order valence-corrected chi connectivity index (χ0v) is 6.98. The highest BCUT2D eigenvalue weighted by molar-refractivity contribution is 5.24. The summed E-state index contributed by atoms with van der Waals surface area (Å²) in [7, 11) is 0. The average molecular weight is 210 g/mol. The van der Waals surface area contributed by atoms with E-state index in [1.165, 1.54) is 0 Å². The van der Waals surface area contributed by atoms with Crippen molar-refractivity contribution in [3.8, 4) is 0 Å². The lowest BCUT2D eigenvalue weighted by Crippen LogP contribution is -2.05. The van der Waals surface area contributed by atoms with Gasteiger partial charge in [-0.3, -0.25) is 0 Å². The zero-order chi connectivity index (χ0) is 10.8. The highest BCUT2D eigenvalue weighted by Crippen LogP contribution is 2.29. The van der Waals surface area contributed by atoms with E-state index in [1.807, 2.05) is 0 Å². The van der Waals surface area contributed by atoms with Gasteiger partial charge in [0.25, 0.3) is 0 Å². The Labute approximate surface area is 77.4 Å². The van der Waals surface area contributed by atoms with Crippen LogP contribution in [0.1, 0.15) is 11.1 Å². The summed E-state index contributed by atoms with van der Waals surface area (Å²) in [6.07, 6.45) is -7.46. The normalized spacial score (nSPS) is 12.1. The van der Waals surface area contributed by atoms with Crippen LogP contribution in [0.3, 0.4) is 0 Å². The van der Waals surface area contributed by atoms with E-state index >= 15 is 0 Å². The minimum atomic E-state index is -4.41. The molecule has 0 aliphatic heterocycles. The molecule has 1 aromatic rings. The molecule has 0 spiro atoms. The Kier molecular flexibility index (Phi) is 3.08. The maximum Gasteiger partial charge on any atom is 0.416 e. The summed E-state index contributed by atoms with van der Waals surface area (Å²) in [4.78, 5) is 0. The van der Waals surface area contributed by atoms with E-state index in [0.717, 1.165) is 24.3 Å². The van der Waals surface area contributed by atoms with Gasteiger partial charge in [-0.2, -0.15) is 13.2 Å². The van der Waals surface area contributed by atoms with Crippen molar-refractivity contribution in [2.24, 2.45) is 0 Å². The van der Waals surface area contributed by atoms with Crippen LogP contribution >= 0.6 is 0 Å². The van der Waals surface area contributed by atoms with Crippen LogP contribution in [-0.4, -0.2) is 6.43 Å². The molecule has 0 N–H and O–H groups in total. The second-order valence-electron chi connectivity index (χ2n) is 2.79. The summed E-state index contributed by atoms with van der Waals surface area (Å²) >= 11 is 0. The van der Waals surface area contributed by atoms with Crippen molar-refractivity contribution >= 4 is 0 Å². The topological polar surface area (TPSA) is 0 Å². The minimum Gasteiger partial charge on any atom is -0.210 e. The molecule has 0 bridgehead atoms. The van der Waals surface area contributed by atoms with Gasteiger partial charge >= 0.3 is 6.18 Å². The summed E-state index contributed by atoms with van der Waals surface area (Å²) < 4.78 is 59.8. The van der Waals surface area contributed by atoms with E-state index < -0.39 is 24.6 Å². The molecule has 0 aliphatic carbocycles. The Balaban J connectivity index is 2.79. The Morgan fingerprint density at radius 2 is 1.50 bits per heavy atom. The van der Waals surface area contributed by atoms with Gasteiger partial charge in [-0.05, 0) is 17.7 Å². The van der Waals surface area contributed by atoms with E-state index in [9.17, 15) is 22.0 Å². The van der Waals surface area contributed by atoms with Crippen LogP contribution in [-0.2, 0) is 12.6 Å². The van der Waals surface area contributed by atoms with E-state index in [2.05, 4.69) is 0 Å². The molecule has 0 heterocycles. The molecule has 14 heavy (non-hydrogen) atoms. The van der Waals surface area contributed by atoms with Gasteiger partial charge in [0.1, 0.15) is 0 Å². The van der Waals surface area contributed by atoms with Crippen LogP contribution in [0.4, 0.5) is 22.0 Å². The fourth-order valence-corrected chi connectivity index (χ4v) is 1.01. The number of halogens is 5. The maximum atomic E-state index is 12.0. The van der Waals surface area contributed by atoms with Gasteiger partial charge in [-0.1, -0.05) is 12.1 Å². The Hall–Kier alpha value is -1.13. The molecule has 0 atom stereocenters. The second kappa shape index (κ2) is 3.94. The molecular weight excluding hydrogens is 203 g/mol. The molecular formula is C9H7F5. The molecule has 0 fully saturated rings. The van der Waals surface area contributed by atoms with Crippen molar-refractivity contribution in [1.29, 1.82) is 0 Å². The number of alkyl halides is 5. The first kappa shape index (κ1) is 10.9. The molecule has 0 nitrogen and oxygen atoms in total. The predicted molar refractivity (Wildman–Crippen MR) is 41.2 cm³/mol. The van der Waals surface area contributed by atoms with E-state index in [1.54, 1.807) is 0 Å². The molecule has 0 unspecified atom stereocenters. The summed E-state index contributed by atoms with van der Waals surface area (Å²) in [6, 6.07) is 3.74. The molecule has 78 valence electrons. The first-order chi connectivity index (χ1) is 6.39. The van der Waals surface area contributed by atoms with Gasteiger partial charge in [-0.15, -0.1) is 0 Å². The van der Waals surface area contributed by atoms with Gasteiger partial charge in [-0.25, -0.2) is 8.78 Å². The van der Waals surface area contributed by atoms with Crippen molar-refractivity contribution in [3.05, 3.63) is 35.4 Å². The zero-order valence-electron chi connectivity index (χ0n) is 6.98. The van der Waals surface area contributed by atoms with Crippen molar-refractivity contribution in [2.75, 3.05) is 0 Å². The summed E-state index contributed by atoms with van der Waals surface area (Å²) in [5.41, 5.74) is -0.622. The Morgan fingerprint density at radius 3 is 1.86 bits per heavy atom. The SMILES string of the molecule is FC(F)Cc1ccc(C(F)(F)F)cc1. The van der Waals surface area contributed by atoms with Crippen LogP contribution in [0, 0.1) is 0 Å². The number of hydrogen-bond acceptors (Lipinski definition) is 0. The quantitative estimate of drug-likeness (QED) is 0.655. The smallest absolute Gasteiger partial charge is 0.210 e. The largest absolute Gasteiger partial charge is 0.416 e. The molecule has 1 aromatic carbocycles. The summed E-state index contributed by atoms with van der Waals surface area (Å²) in [5, 5.41) is 0. The van der Waals surface area contributed by atoms with Crippen LogP contribution < -0.4 is 0 Å².